The van der Waals surface area contributed by atoms with E-state index in [1.165, 1.54) is 0 Å². The summed E-state index contributed by atoms with van der Waals surface area (Å²) < 4.78 is 32.8. The first-order valence-corrected chi connectivity index (χ1v) is 7.95. The Bertz CT molecular complexity index is 502. The number of sulfonamides is 1. The summed E-state index contributed by atoms with van der Waals surface area (Å²) in [6.07, 6.45) is 0.683. The highest BCUT2D eigenvalue weighted by atomic mass is 79.9. The smallest absolute Gasteiger partial charge is 0.240 e. The second-order valence-corrected chi connectivity index (χ2v) is 6.66. The first-order valence-electron chi connectivity index (χ1n) is 5.68. The van der Waals surface area contributed by atoms with Gasteiger partial charge in [0, 0.05) is 17.6 Å². The van der Waals surface area contributed by atoms with Crippen LogP contribution in [0.2, 0.25) is 0 Å². The van der Waals surface area contributed by atoms with Crippen molar-refractivity contribution in [2.24, 2.45) is 0 Å². The van der Waals surface area contributed by atoms with Gasteiger partial charge < -0.3 is 4.74 Å². The highest BCUT2D eigenvalue weighted by molar-refractivity contribution is 9.10. The van der Waals surface area contributed by atoms with E-state index < -0.39 is 10.0 Å². The average Bonchev–Trinajstić information content (AvgIpc) is 2.31. The molecule has 0 amide bonds. The molecule has 102 valence electrons. The lowest BCUT2D eigenvalue weighted by Crippen LogP contribution is -2.37. The first kappa shape index (κ1) is 15.6. The lowest BCUT2D eigenvalue weighted by Gasteiger charge is -2.16. The Morgan fingerprint density at radius 1 is 1.44 bits per heavy atom. The minimum absolute atomic E-state index is 0.205. The number of halogens is 1. The molecule has 1 rings (SSSR count). The van der Waals surface area contributed by atoms with Gasteiger partial charge in [0.05, 0.1) is 11.5 Å². The number of benzene rings is 1. The molecule has 1 N–H and O–H groups in total. The van der Waals surface area contributed by atoms with Crippen LogP contribution in [0.3, 0.4) is 0 Å². The topological polar surface area (TPSA) is 55.4 Å². The fourth-order valence-electron chi connectivity index (χ4n) is 1.51. The Labute approximate surface area is 117 Å². The van der Waals surface area contributed by atoms with Crippen molar-refractivity contribution in [1.82, 2.24) is 4.72 Å². The van der Waals surface area contributed by atoms with Gasteiger partial charge in [-0.25, -0.2) is 13.1 Å². The summed E-state index contributed by atoms with van der Waals surface area (Å²) in [5.74, 6) is 0. The summed E-state index contributed by atoms with van der Waals surface area (Å²) in [6, 6.07) is 4.76. The van der Waals surface area contributed by atoms with Gasteiger partial charge in [-0.15, -0.1) is 0 Å². The fourth-order valence-corrected chi connectivity index (χ4v) is 3.14. The standard InChI is InChI=1S/C12H18BrNO3S/c1-4-10(8-17-3)14-18(15,16)11-5-6-12(13)9(2)7-11/h5-7,10,14H,4,8H2,1-3H3. The monoisotopic (exact) mass is 335 g/mol. The third-order valence-electron chi connectivity index (χ3n) is 2.62. The van der Waals surface area contributed by atoms with Crippen molar-refractivity contribution in [2.75, 3.05) is 13.7 Å². The molecule has 0 fully saturated rings. The van der Waals surface area contributed by atoms with E-state index in [4.69, 9.17) is 4.74 Å². The Balaban J connectivity index is 2.95. The quantitative estimate of drug-likeness (QED) is 0.868. The van der Waals surface area contributed by atoms with Crippen LogP contribution >= 0.6 is 15.9 Å². The van der Waals surface area contributed by atoms with Gasteiger partial charge in [0.15, 0.2) is 0 Å². The maximum absolute atomic E-state index is 12.2. The number of nitrogens with one attached hydrogen (secondary N) is 1. The molecule has 1 unspecified atom stereocenters. The maximum atomic E-state index is 12.2. The van der Waals surface area contributed by atoms with Gasteiger partial charge in [0.1, 0.15) is 0 Å². The van der Waals surface area contributed by atoms with Crippen LogP contribution in [0.25, 0.3) is 0 Å². The molecule has 6 heteroatoms. The Morgan fingerprint density at radius 2 is 2.11 bits per heavy atom. The van der Waals surface area contributed by atoms with Gasteiger partial charge in [-0.3, -0.25) is 0 Å². The maximum Gasteiger partial charge on any atom is 0.240 e. The van der Waals surface area contributed by atoms with Crippen LogP contribution in [0.4, 0.5) is 0 Å². The zero-order chi connectivity index (χ0) is 13.8. The van der Waals surface area contributed by atoms with Crippen LogP contribution < -0.4 is 4.72 Å². The Hall–Kier alpha value is -0.430. The number of aryl methyl sites for hydroxylation is 1. The fraction of sp³-hybridized carbons (Fsp3) is 0.500. The van der Waals surface area contributed by atoms with Crippen LogP contribution in [0.5, 0.6) is 0 Å². The van der Waals surface area contributed by atoms with Crippen LogP contribution in [0.15, 0.2) is 27.6 Å². The molecule has 1 atom stereocenters. The van der Waals surface area contributed by atoms with Crippen LogP contribution in [0, 0.1) is 6.92 Å². The largest absolute Gasteiger partial charge is 0.383 e. The van der Waals surface area contributed by atoms with Crippen molar-refractivity contribution in [3.8, 4) is 0 Å². The molecule has 0 aliphatic heterocycles. The zero-order valence-corrected chi connectivity index (χ0v) is 13.1. The Morgan fingerprint density at radius 3 is 2.61 bits per heavy atom. The minimum atomic E-state index is -3.48. The van der Waals surface area contributed by atoms with Crippen molar-refractivity contribution < 1.29 is 13.2 Å². The van der Waals surface area contributed by atoms with Gasteiger partial charge >= 0.3 is 0 Å². The molecule has 0 aliphatic rings. The second-order valence-electron chi connectivity index (χ2n) is 4.09. The first-order chi connectivity index (χ1) is 8.40. The third-order valence-corrected chi connectivity index (χ3v) is 5.03. The summed E-state index contributed by atoms with van der Waals surface area (Å²) in [4.78, 5) is 0.276. The summed E-state index contributed by atoms with van der Waals surface area (Å²) in [5.41, 5.74) is 0.887. The molecule has 0 bridgehead atoms. The third kappa shape index (κ3) is 4.05. The van der Waals surface area contributed by atoms with E-state index in [1.54, 1.807) is 25.3 Å². The minimum Gasteiger partial charge on any atom is -0.383 e. The van der Waals surface area contributed by atoms with Gasteiger partial charge in [0.25, 0.3) is 0 Å². The molecule has 4 nitrogen and oxygen atoms in total. The molecule has 0 radical (unpaired) electrons. The highest BCUT2D eigenvalue weighted by Crippen LogP contribution is 2.20. The van der Waals surface area contributed by atoms with Gasteiger partial charge in [-0.05, 0) is 37.1 Å². The molecule has 18 heavy (non-hydrogen) atoms. The van der Waals surface area contributed by atoms with E-state index in [0.717, 1.165) is 10.0 Å². The molecule has 1 aromatic rings. The molecule has 1 aromatic carbocycles. The second kappa shape index (κ2) is 6.65. The molecule has 0 aliphatic carbocycles. The molecule has 0 saturated carbocycles. The highest BCUT2D eigenvalue weighted by Gasteiger charge is 2.19. The molecule has 0 spiro atoms. The van der Waals surface area contributed by atoms with Gasteiger partial charge in [-0.1, -0.05) is 22.9 Å². The Kier molecular flexibility index (Phi) is 5.78. The van der Waals surface area contributed by atoms with E-state index in [2.05, 4.69) is 20.7 Å². The summed E-state index contributed by atoms with van der Waals surface area (Å²) in [5, 5.41) is 0. The number of hydrogen-bond acceptors (Lipinski definition) is 3. The normalized spacial score (nSPS) is 13.6. The van der Waals surface area contributed by atoms with Crippen molar-refractivity contribution >= 4 is 26.0 Å². The average molecular weight is 336 g/mol. The summed E-state index contributed by atoms with van der Waals surface area (Å²) in [7, 11) is -1.93. The van der Waals surface area contributed by atoms with Crippen molar-refractivity contribution in [3.05, 3.63) is 28.2 Å². The molecule has 0 heterocycles. The van der Waals surface area contributed by atoms with Crippen molar-refractivity contribution in [3.63, 3.8) is 0 Å². The van der Waals surface area contributed by atoms with E-state index in [-0.39, 0.29) is 10.9 Å². The van der Waals surface area contributed by atoms with Crippen molar-refractivity contribution in [2.45, 2.75) is 31.2 Å². The van der Waals surface area contributed by atoms with Crippen LogP contribution in [0.1, 0.15) is 18.9 Å². The molecule has 0 saturated heterocycles. The number of rotatable bonds is 6. The van der Waals surface area contributed by atoms with Gasteiger partial charge in [0.2, 0.25) is 10.0 Å². The molecule has 0 aromatic heterocycles. The van der Waals surface area contributed by atoms with E-state index in [0.29, 0.717) is 13.0 Å². The van der Waals surface area contributed by atoms with E-state index in [9.17, 15) is 8.42 Å². The molecular weight excluding hydrogens is 318 g/mol. The number of hydrogen-bond donors (Lipinski definition) is 1. The number of ether oxygens (including phenoxy) is 1. The van der Waals surface area contributed by atoms with Crippen LogP contribution in [-0.2, 0) is 14.8 Å². The predicted molar refractivity (Wildman–Crippen MR) is 75.2 cm³/mol. The lowest BCUT2D eigenvalue weighted by molar-refractivity contribution is 0.173. The SMILES string of the molecule is CCC(COC)NS(=O)(=O)c1ccc(Br)c(C)c1. The predicted octanol–water partition coefficient (Wildman–Crippen LogP) is 2.46. The number of methoxy groups -OCH3 is 1. The van der Waals surface area contributed by atoms with Crippen LogP contribution in [-0.4, -0.2) is 28.2 Å². The summed E-state index contributed by atoms with van der Waals surface area (Å²) >= 11 is 3.35. The van der Waals surface area contributed by atoms with Gasteiger partial charge in [-0.2, -0.15) is 0 Å². The molecular formula is C12H18BrNO3S. The van der Waals surface area contributed by atoms with Crippen molar-refractivity contribution in [1.29, 1.82) is 0 Å². The van der Waals surface area contributed by atoms with E-state index in [1.807, 2.05) is 13.8 Å². The lowest BCUT2D eigenvalue weighted by atomic mass is 10.2. The van der Waals surface area contributed by atoms with E-state index >= 15 is 0 Å². The summed E-state index contributed by atoms with van der Waals surface area (Å²) in [6.45, 7) is 4.14. The zero-order valence-electron chi connectivity index (χ0n) is 10.7.